The summed E-state index contributed by atoms with van der Waals surface area (Å²) >= 11 is 0. The zero-order valence-corrected chi connectivity index (χ0v) is 14.1. The Labute approximate surface area is 134 Å². The number of urea groups is 1. The largest absolute Gasteiger partial charge is 0.338 e. The van der Waals surface area contributed by atoms with Crippen molar-refractivity contribution in [2.75, 3.05) is 6.54 Å². The molecule has 2 atom stereocenters. The minimum atomic E-state index is -0.452. The zero-order chi connectivity index (χ0) is 15.9. The first kappa shape index (κ1) is 17.1. The van der Waals surface area contributed by atoms with Gasteiger partial charge in [-0.05, 0) is 46.0 Å². The number of carbonyl (C=O) groups is 2. The molecule has 0 aromatic carbocycles. The summed E-state index contributed by atoms with van der Waals surface area (Å²) in [4.78, 5) is 26.5. The molecule has 22 heavy (non-hydrogen) atoms. The van der Waals surface area contributed by atoms with Crippen LogP contribution in [0.3, 0.4) is 0 Å². The Morgan fingerprint density at radius 1 is 1.00 bits per heavy atom. The van der Waals surface area contributed by atoms with E-state index in [4.69, 9.17) is 0 Å². The first-order valence-corrected chi connectivity index (χ1v) is 8.95. The van der Waals surface area contributed by atoms with E-state index in [0.29, 0.717) is 0 Å². The number of piperidine rings is 1. The lowest BCUT2D eigenvalue weighted by atomic mass is 10.0. The van der Waals surface area contributed by atoms with E-state index in [1.165, 1.54) is 32.1 Å². The van der Waals surface area contributed by atoms with Gasteiger partial charge in [-0.3, -0.25) is 4.79 Å². The molecule has 3 amide bonds. The highest BCUT2D eigenvalue weighted by Gasteiger charge is 2.28. The zero-order valence-electron chi connectivity index (χ0n) is 14.1. The summed E-state index contributed by atoms with van der Waals surface area (Å²) in [5.41, 5.74) is 0. The Morgan fingerprint density at radius 2 is 1.64 bits per heavy atom. The molecule has 1 saturated carbocycles. The number of carbonyl (C=O) groups excluding carboxylic acids is 2. The average molecular weight is 309 g/mol. The number of likely N-dealkylation sites (tertiary alicyclic amines) is 1. The van der Waals surface area contributed by atoms with Crippen molar-refractivity contribution >= 4 is 11.9 Å². The minimum Gasteiger partial charge on any atom is -0.338 e. The lowest BCUT2D eigenvalue weighted by Crippen LogP contribution is -2.54. The summed E-state index contributed by atoms with van der Waals surface area (Å²) in [6.07, 6.45) is 10.3. The van der Waals surface area contributed by atoms with Crippen molar-refractivity contribution in [3.63, 3.8) is 0 Å². The quantitative estimate of drug-likeness (QED) is 0.788. The Morgan fingerprint density at radius 3 is 2.27 bits per heavy atom. The maximum Gasteiger partial charge on any atom is 0.315 e. The van der Waals surface area contributed by atoms with Crippen molar-refractivity contribution in [2.45, 2.75) is 89.8 Å². The maximum absolute atomic E-state index is 12.5. The highest BCUT2D eigenvalue weighted by molar-refractivity contribution is 5.87. The number of nitrogens with one attached hydrogen (secondary N) is 2. The van der Waals surface area contributed by atoms with E-state index < -0.39 is 6.04 Å². The van der Waals surface area contributed by atoms with E-state index in [9.17, 15) is 9.59 Å². The van der Waals surface area contributed by atoms with E-state index in [0.717, 1.165) is 32.2 Å². The molecule has 2 rings (SSSR count). The predicted molar refractivity (Wildman–Crippen MR) is 87.6 cm³/mol. The second-order valence-corrected chi connectivity index (χ2v) is 6.90. The van der Waals surface area contributed by atoms with E-state index in [2.05, 4.69) is 17.6 Å². The van der Waals surface area contributed by atoms with Crippen molar-refractivity contribution in [1.82, 2.24) is 15.5 Å². The van der Waals surface area contributed by atoms with E-state index in [-0.39, 0.29) is 24.0 Å². The fourth-order valence-corrected chi connectivity index (χ4v) is 3.58. The van der Waals surface area contributed by atoms with Gasteiger partial charge in [0.1, 0.15) is 6.04 Å². The van der Waals surface area contributed by atoms with Crippen LogP contribution in [0.1, 0.15) is 71.6 Å². The van der Waals surface area contributed by atoms with E-state index >= 15 is 0 Å². The van der Waals surface area contributed by atoms with Crippen LogP contribution in [0.5, 0.6) is 0 Å². The number of nitrogens with zero attached hydrogens (tertiary/aromatic N) is 1. The Kier molecular flexibility index (Phi) is 6.52. The van der Waals surface area contributed by atoms with Crippen molar-refractivity contribution in [2.24, 2.45) is 0 Å². The van der Waals surface area contributed by atoms with Gasteiger partial charge in [0.05, 0.1) is 0 Å². The second-order valence-electron chi connectivity index (χ2n) is 6.90. The van der Waals surface area contributed by atoms with Gasteiger partial charge < -0.3 is 15.5 Å². The molecule has 2 aliphatic rings. The SMILES string of the molecule is C[C@@H]1CCCCN1C(=O)[C@@H](C)NC(=O)NC1CCCCCC1. The number of hydrogen-bond acceptors (Lipinski definition) is 2. The summed E-state index contributed by atoms with van der Waals surface area (Å²) < 4.78 is 0. The van der Waals surface area contributed by atoms with Gasteiger partial charge in [-0.15, -0.1) is 0 Å². The number of amides is 3. The molecule has 0 radical (unpaired) electrons. The van der Waals surface area contributed by atoms with Crippen LogP contribution in [0, 0.1) is 0 Å². The van der Waals surface area contributed by atoms with Crippen molar-refractivity contribution < 1.29 is 9.59 Å². The summed E-state index contributed by atoms with van der Waals surface area (Å²) in [6, 6.07) is -0.0992. The van der Waals surface area contributed by atoms with Crippen molar-refractivity contribution in [3.8, 4) is 0 Å². The van der Waals surface area contributed by atoms with Gasteiger partial charge in [-0.25, -0.2) is 4.79 Å². The number of hydrogen-bond donors (Lipinski definition) is 2. The van der Waals surface area contributed by atoms with Gasteiger partial charge in [0, 0.05) is 18.6 Å². The molecule has 5 nitrogen and oxygen atoms in total. The van der Waals surface area contributed by atoms with Gasteiger partial charge >= 0.3 is 6.03 Å². The van der Waals surface area contributed by atoms with Crippen molar-refractivity contribution in [1.29, 1.82) is 0 Å². The third kappa shape index (κ3) is 4.89. The molecule has 2 N–H and O–H groups in total. The Bertz CT molecular complexity index is 378. The fourth-order valence-electron chi connectivity index (χ4n) is 3.58. The molecule has 5 heteroatoms. The van der Waals surface area contributed by atoms with Gasteiger partial charge in [0.2, 0.25) is 5.91 Å². The third-order valence-corrected chi connectivity index (χ3v) is 4.99. The molecule has 0 spiro atoms. The van der Waals surface area contributed by atoms with Crippen molar-refractivity contribution in [3.05, 3.63) is 0 Å². The van der Waals surface area contributed by atoms with Crippen LogP contribution >= 0.6 is 0 Å². The molecule has 0 aromatic rings. The van der Waals surface area contributed by atoms with Gasteiger partial charge in [-0.2, -0.15) is 0 Å². The monoisotopic (exact) mass is 309 g/mol. The summed E-state index contributed by atoms with van der Waals surface area (Å²) in [6.45, 7) is 4.70. The molecule has 1 saturated heterocycles. The van der Waals surface area contributed by atoms with Gasteiger partial charge in [0.25, 0.3) is 0 Å². The smallest absolute Gasteiger partial charge is 0.315 e. The minimum absolute atomic E-state index is 0.0446. The molecule has 0 aromatic heterocycles. The lowest BCUT2D eigenvalue weighted by Gasteiger charge is -2.35. The van der Waals surface area contributed by atoms with Crippen LogP contribution in [-0.4, -0.2) is 41.5 Å². The molecule has 2 fully saturated rings. The lowest BCUT2D eigenvalue weighted by molar-refractivity contribution is -0.136. The molecule has 1 aliphatic heterocycles. The molecule has 1 heterocycles. The van der Waals surface area contributed by atoms with Crippen LogP contribution in [0.15, 0.2) is 0 Å². The molecule has 1 aliphatic carbocycles. The average Bonchev–Trinajstić information content (AvgIpc) is 2.75. The third-order valence-electron chi connectivity index (χ3n) is 4.99. The topological polar surface area (TPSA) is 61.4 Å². The van der Waals surface area contributed by atoms with Crippen LogP contribution < -0.4 is 10.6 Å². The van der Waals surface area contributed by atoms with Crippen LogP contribution in [0.2, 0.25) is 0 Å². The molecule has 0 bridgehead atoms. The van der Waals surface area contributed by atoms with Crippen LogP contribution in [-0.2, 0) is 4.79 Å². The molecular formula is C17H31N3O2. The summed E-state index contributed by atoms with van der Waals surface area (Å²) in [5.74, 6) is 0.0446. The van der Waals surface area contributed by atoms with E-state index in [1.807, 2.05) is 4.90 Å². The summed E-state index contributed by atoms with van der Waals surface area (Å²) in [7, 11) is 0. The first-order chi connectivity index (χ1) is 10.6. The van der Waals surface area contributed by atoms with E-state index in [1.54, 1.807) is 6.92 Å². The molecular weight excluding hydrogens is 278 g/mol. The number of rotatable bonds is 3. The Balaban J connectivity index is 1.78. The predicted octanol–water partition coefficient (Wildman–Crippen LogP) is 2.80. The highest BCUT2D eigenvalue weighted by atomic mass is 16.2. The molecule has 126 valence electrons. The second kappa shape index (κ2) is 8.39. The van der Waals surface area contributed by atoms with Gasteiger partial charge in [-0.1, -0.05) is 25.7 Å². The van der Waals surface area contributed by atoms with Crippen LogP contribution in [0.25, 0.3) is 0 Å². The molecule has 0 unspecified atom stereocenters. The standard InChI is InChI=1S/C17H31N3O2/c1-13-9-7-8-12-20(13)16(21)14(2)18-17(22)19-15-10-5-3-4-6-11-15/h13-15H,3-12H2,1-2H3,(H2,18,19,22)/t13-,14-/m1/s1. The normalized spacial score (nSPS) is 25.2. The maximum atomic E-state index is 12.5. The van der Waals surface area contributed by atoms with Gasteiger partial charge in [0.15, 0.2) is 0 Å². The Hall–Kier alpha value is -1.26. The highest BCUT2D eigenvalue weighted by Crippen LogP contribution is 2.18. The summed E-state index contributed by atoms with van der Waals surface area (Å²) in [5, 5.41) is 5.86. The van der Waals surface area contributed by atoms with Crippen LogP contribution in [0.4, 0.5) is 4.79 Å². The fraction of sp³-hybridized carbons (Fsp3) is 0.882. The first-order valence-electron chi connectivity index (χ1n) is 8.95.